The van der Waals surface area contributed by atoms with Crippen LogP contribution in [-0.2, 0) is 9.47 Å². The van der Waals surface area contributed by atoms with Gasteiger partial charge in [0.05, 0.1) is 6.10 Å². The fourth-order valence-corrected chi connectivity index (χ4v) is 0.914. The normalized spacial score (nSPS) is 14.4. The summed E-state index contributed by atoms with van der Waals surface area (Å²) in [5.74, 6) is 0. The highest BCUT2D eigenvalue weighted by Gasteiger charge is 2.28. The molecule has 2 nitrogen and oxygen atoms in total. The molecule has 0 N–H and O–H groups in total. The van der Waals surface area contributed by atoms with Crippen molar-refractivity contribution in [2.24, 2.45) is 0 Å². The van der Waals surface area contributed by atoms with Crippen LogP contribution in [0.15, 0.2) is 0 Å². The Bertz CT molecular complexity index is 137. The summed E-state index contributed by atoms with van der Waals surface area (Å²) in [6.07, 6.45) is -5.63. The van der Waals surface area contributed by atoms with Crippen LogP contribution in [0.3, 0.4) is 0 Å². The Hall–Kier alpha value is -0.290. The number of ether oxygens (including phenoxy) is 2. The minimum atomic E-state index is -4.13. The Morgan fingerprint density at radius 2 is 1.86 bits per heavy atom. The van der Waals surface area contributed by atoms with Gasteiger partial charge in [0, 0.05) is 19.6 Å². The van der Waals surface area contributed by atoms with E-state index in [1.165, 1.54) is 6.61 Å². The van der Waals surface area contributed by atoms with Crippen LogP contribution in [0.1, 0.15) is 26.7 Å². The van der Waals surface area contributed by atoms with E-state index in [1.807, 2.05) is 0 Å². The molecule has 14 heavy (non-hydrogen) atoms. The van der Waals surface area contributed by atoms with E-state index in [9.17, 15) is 13.2 Å². The standard InChI is InChI=1S/C9H16F3O2/c1-3-13-7-8(14-4-2)5-6-9(10,11)12/h7-8H,3-6H2,1-2H3. The summed E-state index contributed by atoms with van der Waals surface area (Å²) in [6.45, 7) is 5.65. The zero-order valence-corrected chi connectivity index (χ0v) is 8.43. The lowest BCUT2D eigenvalue weighted by atomic mass is 10.2. The lowest BCUT2D eigenvalue weighted by Gasteiger charge is -2.16. The molecule has 0 aromatic carbocycles. The van der Waals surface area contributed by atoms with Gasteiger partial charge in [-0.15, -0.1) is 0 Å². The Morgan fingerprint density at radius 1 is 1.21 bits per heavy atom. The SMILES string of the molecule is CCO[CH]C(CCC(F)(F)F)OCC. The van der Waals surface area contributed by atoms with E-state index in [2.05, 4.69) is 0 Å². The molecule has 0 fully saturated rings. The third kappa shape index (κ3) is 8.31. The number of hydrogen-bond acceptors (Lipinski definition) is 2. The quantitative estimate of drug-likeness (QED) is 0.647. The Labute approximate surface area is 82.4 Å². The molecular formula is C9H16F3O2. The van der Waals surface area contributed by atoms with Crippen molar-refractivity contribution in [3.8, 4) is 0 Å². The predicted octanol–water partition coefficient (Wildman–Crippen LogP) is 2.93. The van der Waals surface area contributed by atoms with Crippen molar-refractivity contribution >= 4 is 0 Å². The molecule has 1 atom stereocenters. The monoisotopic (exact) mass is 213 g/mol. The maximum Gasteiger partial charge on any atom is 0.389 e. The van der Waals surface area contributed by atoms with Gasteiger partial charge in [0.25, 0.3) is 0 Å². The van der Waals surface area contributed by atoms with Crippen molar-refractivity contribution in [3.63, 3.8) is 0 Å². The van der Waals surface area contributed by atoms with E-state index in [0.717, 1.165) is 0 Å². The minimum Gasteiger partial charge on any atom is -0.376 e. The van der Waals surface area contributed by atoms with Crippen molar-refractivity contribution in [1.82, 2.24) is 0 Å². The molecule has 0 aromatic rings. The molecule has 1 radical (unpaired) electrons. The molecule has 0 aliphatic carbocycles. The molecule has 5 heteroatoms. The van der Waals surface area contributed by atoms with E-state index < -0.39 is 18.7 Å². The van der Waals surface area contributed by atoms with Crippen LogP contribution >= 0.6 is 0 Å². The molecule has 0 rings (SSSR count). The molecule has 0 aliphatic heterocycles. The second-order valence-corrected chi connectivity index (χ2v) is 2.74. The first-order valence-corrected chi connectivity index (χ1v) is 4.63. The van der Waals surface area contributed by atoms with Crippen LogP contribution in [0.2, 0.25) is 0 Å². The molecular weight excluding hydrogens is 197 g/mol. The van der Waals surface area contributed by atoms with E-state index in [4.69, 9.17) is 9.47 Å². The van der Waals surface area contributed by atoms with Gasteiger partial charge >= 0.3 is 6.18 Å². The lowest BCUT2D eigenvalue weighted by Crippen LogP contribution is -2.19. The topological polar surface area (TPSA) is 18.5 Å². The molecule has 0 aromatic heterocycles. The van der Waals surface area contributed by atoms with Gasteiger partial charge in [-0.2, -0.15) is 13.2 Å². The largest absolute Gasteiger partial charge is 0.389 e. The van der Waals surface area contributed by atoms with E-state index in [0.29, 0.717) is 13.2 Å². The van der Waals surface area contributed by atoms with Crippen molar-refractivity contribution in [2.75, 3.05) is 13.2 Å². The summed E-state index contributed by atoms with van der Waals surface area (Å²) >= 11 is 0. The third-order valence-electron chi connectivity index (χ3n) is 1.51. The molecule has 0 bridgehead atoms. The van der Waals surface area contributed by atoms with Crippen molar-refractivity contribution in [2.45, 2.75) is 39.0 Å². The number of rotatable bonds is 7. The zero-order chi connectivity index (χ0) is 11.0. The van der Waals surface area contributed by atoms with E-state index >= 15 is 0 Å². The van der Waals surface area contributed by atoms with Crippen LogP contribution in [0.4, 0.5) is 13.2 Å². The van der Waals surface area contributed by atoms with Crippen molar-refractivity contribution in [1.29, 1.82) is 0 Å². The van der Waals surface area contributed by atoms with Gasteiger partial charge < -0.3 is 9.47 Å². The molecule has 0 saturated heterocycles. The van der Waals surface area contributed by atoms with Crippen LogP contribution in [0.5, 0.6) is 0 Å². The van der Waals surface area contributed by atoms with Crippen LogP contribution in [0, 0.1) is 6.61 Å². The van der Waals surface area contributed by atoms with Crippen molar-refractivity contribution in [3.05, 3.63) is 6.61 Å². The summed E-state index contributed by atoms with van der Waals surface area (Å²) in [4.78, 5) is 0. The van der Waals surface area contributed by atoms with Crippen LogP contribution in [-0.4, -0.2) is 25.5 Å². The molecule has 0 saturated carbocycles. The first-order chi connectivity index (χ1) is 6.49. The highest BCUT2D eigenvalue weighted by molar-refractivity contribution is 4.69. The number of hydrogen-bond donors (Lipinski definition) is 0. The zero-order valence-electron chi connectivity index (χ0n) is 8.43. The van der Waals surface area contributed by atoms with Gasteiger partial charge in [-0.05, 0) is 20.3 Å². The van der Waals surface area contributed by atoms with Gasteiger partial charge in [-0.25, -0.2) is 0 Å². The highest BCUT2D eigenvalue weighted by Crippen LogP contribution is 2.23. The summed E-state index contributed by atoms with van der Waals surface area (Å²) in [6, 6.07) is 0. The van der Waals surface area contributed by atoms with Crippen LogP contribution in [0.25, 0.3) is 0 Å². The van der Waals surface area contributed by atoms with Gasteiger partial charge in [-0.1, -0.05) is 0 Å². The fourth-order valence-electron chi connectivity index (χ4n) is 0.914. The molecule has 85 valence electrons. The highest BCUT2D eigenvalue weighted by atomic mass is 19.4. The molecule has 0 aliphatic rings. The summed E-state index contributed by atoms with van der Waals surface area (Å²) in [5, 5.41) is 0. The Morgan fingerprint density at radius 3 is 2.29 bits per heavy atom. The summed E-state index contributed by atoms with van der Waals surface area (Å²) in [7, 11) is 0. The average molecular weight is 213 g/mol. The first-order valence-electron chi connectivity index (χ1n) is 4.63. The number of halogens is 3. The molecule has 0 spiro atoms. The summed E-state index contributed by atoms with van der Waals surface area (Å²) in [5.41, 5.74) is 0. The van der Waals surface area contributed by atoms with Gasteiger partial charge in [0.1, 0.15) is 6.61 Å². The maximum atomic E-state index is 11.9. The minimum absolute atomic E-state index is 0.0860. The second-order valence-electron chi connectivity index (χ2n) is 2.74. The smallest absolute Gasteiger partial charge is 0.376 e. The second kappa shape index (κ2) is 7.06. The number of alkyl halides is 3. The third-order valence-corrected chi connectivity index (χ3v) is 1.51. The van der Waals surface area contributed by atoms with Gasteiger partial charge in [-0.3, -0.25) is 0 Å². The average Bonchev–Trinajstić information content (AvgIpc) is 2.08. The Kier molecular flexibility index (Phi) is 6.92. The van der Waals surface area contributed by atoms with Crippen LogP contribution < -0.4 is 0 Å². The molecule has 0 amide bonds. The fraction of sp³-hybridized carbons (Fsp3) is 0.889. The molecule has 0 heterocycles. The van der Waals surface area contributed by atoms with Gasteiger partial charge in [0.15, 0.2) is 0 Å². The predicted molar refractivity (Wildman–Crippen MR) is 46.6 cm³/mol. The van der Waals surface area contributed by atoms with Gasteiger partial charge in [0.2, 0.25) is 0 Å². The summed E-state index contributed by atoms with van der Waals surface area (Å²) < 4.78 is 45.6. The van der Waals surface area contributed by atoms with E-state index in [-0.39, 0.29) is 6.42 Å². The maximum absolute atomic E-state index is 11.9. The first kappa shape index (κ1) is 13.7. The Balaban J connectivity index is 3.72. The lowest BCUT2D eigenvalue weighted by molar-refractivity contribution is -0.142. The molecule has 1 unspecified atom stereocenters. The van der Waals surface area contributed by atoms with Crippen molar-refractivity contribution < 1.29 is 22.6 Å². The van der Waals surface area contributed by atoms with E-state index in [1.54, 1.807) is 13.8 Å².